The highest BCUT2D eigenvalue weighted by molar-refractivity contribution is 8.01. The molecule has 0 radical (unpaired) electrons. The molecule has 0 saturated carbocycles. The maximum atomic E-state index is 13.0. The van der Waals surface area contributed by atoms with Crippen LogP contribution in [0.5, 0.6) is 0 Å². The summed E-state index contributed by atoms with van der Waals surface area (Å²) < 4.78 is 0.776. The number of hydrogen-bond donors (Lipinski definition) is 1. The molecule has 2 aromatic heterocycles. The van der Waals surface area contributed by atoms with Crippen molar-refractivity contribution in [2.45, 2.75) is 34.7 Å². The lowest BCUT2D eigenvalue weighted by atomic mass is 9.78. The van der Waals surface area contributed by atoms with Crippen LogP contribution in [0, 0.1) is 12.8 Å². The van der Waals surface area contributed by atoms with E-state index >= 15 is 0 Å². The minimum absolute atomic E-state index is 0.0535. The van der Waals surface area contributed by atoms with Crippen LogP contribution >= 0.6 is 34.9 Å². The molecule has 2 saturated heterocycles. The molecule has 2 fully saturated rings. The number of likely N-dealkylation sites (tertiary alicyclic amines) is 1. The van der Waals surface area contributed by atoms with Crippen molar-refractivity contribution in [2.75, 3.05) is 18.1 Å². The quantitative estimate of drug-likeness (QED) is 0.460. The molecule has 0 spiro atoms. The summed E-state index contributed by atoms with van der Waals surface area (Å²) in [5.74, 6) is -0.884. The third kappa shape index (κ3) is 3.59. The Morgan fingerprint density at radius 3 is 2.72 bits per heavy atom. The van der Waals surface area contributed by atoms with E-state index in [4.69, 9.17) is 0 Å². The number of β-lactam (4-membered cyclic amide) rings is 1. The standard InChI is InChI=1S/C20H19N5O4S3/c1-10-22-23-20(32-10)31-8-13-12-4-7-24(14(26)9-30-11-2-5-21-6-3-11)17-15(12)25(18(17)27)16(13)19(28)29/h2-3,5-6,12,15,17H,4,7-9H2,1H3,(H,28,29)/t12?,15-,17+/m1/s1. The van der Waals surface area contributed by atoms with Crippen LogP contribution in [0.4, 0.5) is 0 Å². The number of thioether (sulfide) groups is 2. The van der Waals surface area contributed by atoms with Gasteiger partial charge < -0.3 is 10.0 Å². The molecule has 3 aliphatic rings. The largest absolute Gasteiger partial charge is 0.477 e. The minimum Gasteiger partial charge on any atom is -0.477 e. The number of nitrogens with zero attached hydrogens (tertiary/aromatic N) is 5. The molecule has 0 aliphatic carbocycles. The first-order valence-corrected chi connectivity index (χ1v) is 12.8. The lowest BCUT2D eigenvalue weighted by Crippen LogP contribution is -2.73. The van der Waals surface area contributed by atoms with Crippen molar-refractivity contribution in [2.24, 2.45) is 5.92 Å². The summed E-state index contributed by atoms with van der Waals surface area (Å²) in [7, 11) is 0. The second kappa shape index (κ2) is 8.49. The number of aliphatic carboxylic acids is 1. The number of carboxylic acid groups (broad SMARTS) is 1. The van der Waals surface area contributed by atoms with Gasteiger partial charge in [0.2, 0.25) is 5.91 Å². The third-order valence-corrected chi connectivity index (χ3v) is 8.94. The number of carbonyl (C=O) groups is 3. The molecule has 9 nitrogen and oxygen atoms in total. The average Bonchev–Trinajstić information content (AvgIpc) is 3.35. The van der Waals surface area contributed by atoms with E-state index in [0.717, 1.165) is 19.8 Å². The van der Waals surface area contributed by atoms with Gasteiger partial charge in [0.25, 0.3) is 5.91 Å². The molecule has 2 aromatic rings. The Kier molecular flexibility index (Phi) is 5.68. The fourth-order valence-corrected chi connectivity index (χ4v) is 7.29. The van der Waals surface area contributed by atoms with Crippen LogP contribution in [0.25, 0.3) is 0 Å². The molecule has 2 amide bonds. The third-order valence-electron chi connectivity index (χ3n) is 5.93. The van der Waals surface area contributed by atoms with Gasteiger partial charge in [-0.25, -0.2) is 4.79 Å². The summed E-state index contributed by atoms with van der Waals surface area (Å²) in [4.78, 5) is 45.9. The van der Waals surface area contributed by atoms with Gasteiger partial charge in [-0.3, -0.25) is 19.5 Å². The Balaban J connectivity index is 1.31. The first-order chi connectivity index (χ1) is 15.5. The Bertz CT molecular complexity index is 1120. The number of rotatable bonds is 7. The molecule has 0 bridgehead atoms. The first-order valence-electron chi connectivity index (χ1n) is 10.0. The lowest BCUT2D eigenvalue weighted by molar-refractivity contribution is -0.168. The summed E-state index contributed by atoms with van der Waals surface area (Å²) in [6, 6.07) is 2.80. The van der Waals surface area contributed by atoms with Crippen molar-refractivity contribution in [3.05, 3.63) is 40.8 Å². The summed E-state index contributed by atoms with van der Waals surface area (Å²) in [6.45, 7) is 2.31. The first kappa shape index (κ1) is 21.4. The molecule has 12 heteroatoms. The van der Waals surface area contributed by atoms with Crippen LogP contribution in [-0.4, -0.2) is 78.0 Å². The van der Waals surface area contributed by atoms with E-state index in [9.17, 15) is 19.5 Å². The van der Waals surface area contributed by atoms with Gasteiger partial charge in [0.05, 0.1) is 11.8 Å². The van der Waals surface area contributed by atoms with Gasteiger partial charge in [-0.05, 0) is 31.1 Å². The maximum absolute atomic E-state index is 13.0. The minimum atomic E-state index is -1.10. The second-order valence-corrected chi connectivity index (χ2v) is 11.1. The number of aromatic nitrogens is 3. The molecule has 3 aliphatic heterocycles. The molecular formula is C20H19N5O4S3. The Morgan fingerprint density at radius 1 is 1.25 bits per heavy atom. The molecular weight excluding hydrogens is 470 g/mol. The topological polar surface area (TPSA) is 117 Å². The molecule has 1 N–H and O–H groups in total. The van der Waals surface area contributed by atoms with Crippen molar-refractivity contribution >= 4 is 52.6 Å². The average molecular weight is 490 g/mol. The number of carbonyl (C=O) groups excluding carboxylic acids is 2. The number of aryl methyl sites for hydroxylation is 1. The monoisotopic (exact) mass is 489 g/mol. The van der Waals surface area contributed by atoms with Crippen molar-refractivity contribution in [1.82, 2.24) is 25.0 Å². The van der Waals surface area contributed by atoms with Crippen molar-refractivity contribution in [1.29, 1.82) is 0 Å². The normalized spacial score (nSPS) is 23.9. The predicted molar refractivity (Wildman–Crippen MR) is 119 cm³/mol. The van der Waals surface area contributed by atoms with Crippen LogP contribution in [-0.2, 0) is 14.4 Å². The van der Waals surface area contributed by atoms with E-state index in [0.29, 0.717) is 18.7 Å². The Labute approximate surface area is 196 Å². The second-order valence-electron chi connectivity index (χ2n) is 7.65. The van der Waals surface area contributed by atoms with Gasteiger partial charge in [-0.1, -0.05) is 23.1 Å². The van der Waals surface area contributed by atoms with Gasteiger partial charge >= 0.3 is 5.97 Å². The highest BCUT2D eigenvalue weighted by Gasteiger charge is 2.64. The molecule has 0 aromatic carbocycles. The smallest absolute Gasteiger partial charge is 0.352 e. The number of carboxylic acids is 1. The van der Waals surface area contributed by atoms with Gasteiger partial charge in [-0.2, -0.15) is 0 Å². The van der Waals surface area contributed by atoms with Crippen molar-refractivity contribution in [3.8, 4) is 0 Å². The van der Waals surface area contributed by atoms with Gasteiger partial charge in [0.15, 0.2) is 4.34 Å². The number of amides is 2. The Hall–Kier alpha value is -2.44. The highest BCUT2D eigenvalue weighted by atomic mass is 32.2. The van der Waals surface area contributed by atoms with E-state index in [1.165, 1.54) is 39.8 Å². The number of piperidine rings is 1. The summed E-state index contributed by atoms with van der Waals surface area (Å²) in [6.07, 6.45) is 3.98. The highest BCUT2D eigenvalue weighted by Crippen LogP contribution is 2.50. The van der Waals surface area contributed by atoms with Crippen LogP contribution < -0.4 is 0 Å². The van der Waals surface area contributed by atoms with Crippen LogP contribution in [0.15, 0.2) is 45.0 Å². The molecule has 1 unspecified atom stereocenters. The zero-order valence-corrected chi connectivity index (χ0v) is 19.5. The zero-order valence-electron chi connectivity index (χ0n) is 17.0. The van der Waals surface area contributed by atoms with Crippen LogP contribution in [0.1, 0.15) is 11.4 Å². The SMILES string of the molecule is Cc1nnc(SCC2=C(C(=O)O)N3C(=O)[C@@H]4[C@H]3C2CCN4C(=O)CSc2ccncc2)s1. The number of pyridine rings is 1. The van der Waals surface area contributed by atoms with E-state index in [2.05, 4.69) is 15.2 Å². The molecule has 32 heavy (non-hydrogen) atoms. The number of hydrogen-bond acceptors (Lipinski definition) is 9. The van der Waals surface area contributed by atoms with Gasteiger partial charge in [0.1, 0.15) is 16.7 Å². The summed E-state index contributed by atoms with van der Waals surface area (Å²) in [5.41, 5.74) is 0.838. The van der Waals surface area contributed by atoms with E-state index in [-0.39, 0.29) is 35.2 Å². The van der Waals surface area contributed by atoms with Crippen LogP contribution in [0.2, 0.25) is 0 Å². The van der Waals surface area contributed by atoms with E-state index in [1.807, 2.05) is 19.1 Å². The predicted octanol–water partition coefficient (Wildman–Crippen LogP) is 1.91. The van der Waals surface area contributed by atoms with Gasteiger partial charge in [-0.15, -0.1) is 22.0 Å². The Morgan fingerprint density at radius 2 is 2.03 bits per heavy atom. The fraction of sp³-hybridized carbons (Fsp3) is 0.400. The molecule has 3 atom stereocenters. The summed E-state index contributed by atoms with van der Waals surface area (Å²) in [5, 5.41) is 18.8. The fourth-order valence-electron chi connectivity index (χ4n) is 4.60. The van der Waals surface area contributed by atoms with Crippen LogP contribution in [0.3, 0.4) is 0 Å². The molecule has 5 heterocycles. The summed E-state index contributed by atoms with van der Waals surface area (Å²) >= 11 is 4.31. The molecule has 166 valence electrons. The maximum Gasteiger partial charge on any atom is 0.352 e. The van der Waals surface area contributed by atoms with E-state index in [1.54, 1.807) is 17.3 Å². The van der Waals surface area contributed by atoms with Crippen molar-refractivity contribution in [3.63, 3.8) is 0 Å². The molecule has 5 rings (SSSR count). The van der Waals surface area contributed by atoms with E-state index < -0.39 is 12.0 Å². The van der Waals surface area contributed by atoms with Crippen molar-refractivity contribution < 1.29 is 19.5 Å². The lowest BCUT2D eigenvalue weighted by Gasteiger charge is -2.53. The zero-order chi connectivity index (χ0) is 22.4. The van der Waals surface area contributed by atoms with Gasteiger partial charge in [0, 0.05) is 35.5 Å².